The molecule has 16 heavy (non-hydrogen) atoms. The van der Waals surface area contributed by atoms with Crippen LogP contribution in [-0.4, -0.2) is 37.9 Å². The number of methoxy groups -OCH3 is 1. The van der Waals surface area contributed by atoms with Gasteiger partial charge in [0.05, 0.1) is 13.7 Å². The molecule has 0 aliphatic heterocycles. The van der Waals surface area contributed by atoms with Crippen molar-refractivity contribution in [2.75, 3.05) is 13.7 Å². The number of alkyl halides is 5. The second-order valence-corrected chi connectivity index (χ2v) is 2.88. The highest BCUT2D eigenvalue weighted by atomic mass is 19.3. The summed E-state index contributed by atoms with van der Waals surface area (Å²) >= 11 is 0. The Kier molecular flexibility index (Phi) is 5.11. The Morgan fingerprint density at radius 3 is 2.19 bits per heavy atom. The van der Waals surface area contributed by atoms with E-state index in [0.717, 1.165) is 14.0 Å². The lowest BCUT2D eigenvalue weighted by molar-refractivity contribution is -0.350. The van der Waals surface area contributed by atoms with Crippen LogP contribution in [0.15, 0.2) is 0 Å². The average molecular weight is 250 g/mol. The topological polar surface area (TPSA) is 35.5 Å². The number of hydrogen-bond donors (Lipinski definition) is 0. The number of hydrogen-bond acceptors (Lipinski definition) is 3. The van der Waals surface area contributed by atoms with E-state index < -0.39 is 37.2 Å². The van der Waals surface area contributed by atoms with Gasteiger partial charge < -0.3 is 9.47 Å². The molecule has 0 aromatic heterocycles. The van der Waals surface area contributed by atoms with Crippen molar-refractivity contribution in [2.24, 2.45) is 0 Å². The van der Waals surface area contributed by atoms with Gasteiger partial charge in [-0.25, -0.2) is 9.18 Å². The lowest BCUT2D eigenvalue weighted by Crippen LogP contribution is -2.44. The summed E-state index contributed by atoms with van der Waals surface area (Å²) in [4.78, 5) is 10.4. The molecule has 0 heterocycles. The van der Waals surface area contributed by atoms with Crippen molar-refractivity contribution in [2.45, 2.75) is 31.5 Å². The van der Waals surface area contributed by atoms with Gasteiger partial charge in [-0.15, -0.1) is 0 Å². The van der Waals surface area contributed by atoms with Crippen LogP contribution in [0.1, 0.15) is 13.3 Å². The first-order valence-corrected chi connectivity index (χ1v) is 4.29. The van der Waals surface area contributed by atoms with Gasteiger partial charge in [-0.05, 0) is 0 Å². The van der Waals surface area contributed by atoms with Crippen molar-refractivity contribution >= 4 is 5.97 Å². The molecule has 96 valence electrons. The first kappa shape index (κ1) is 15.1. The molecule has 0 rings (SSSR count). The molecule has 1 unspecified atom stereocenters. The van der Waals surface area contributed by atoms with E-state index in [1.165, 1.54) is 0 Å². The Labute approximate surface area is 88.5 Å². The zero-order valence-electron chi connectivity index (χ0n) is 8.61. The third-order valence-corrected chi connectivity index (χ3v) is 1.74. The summed E-state index contributed by atoms with van der Waals surface area (Å²) in [5.74, 6) is -5.88. The largest absolute Gasteiger partial charge is 0.467 e. The van der Waals surface area contributed by atoms with E-state index in [4.69, 9.17) is 0 Å². The van der Waals surface area contributed by atoms with Gasteiger partial charge in [-0.3, -0.25) is 0 Å². The standard InChI is InChI=1S/C8H11F5O3/c1-3-7(10,11)8(12,13)16-4-5(9)6(14)15-2/h5H,3-4H2,1-2H3. The van der Waals surface area contributed by atoms with Crippen LogP contribution in [-0.2, 0) is 14.3 Å². The van der Waals surface area contributed by atoms with Gasteiger partial charge in [0, 0.05) is 6.42 Å². The Morgan fingerprint density at radius 2 is 1.81 bits per heavy atom. The molecule has 3 nitrogen and oxygen atoms in total. The lowest BCUT2D eigenvalue weighted by atomic mass is 10.2. The SMILES string of the molecule is CCC(F)(F)C(F)(F)OCC(F)C(=O)OC. The summed E-state index contributed by atoms with van der Waals surface area (Å²) in [6.45, 7) is -0.667. The van der Waals surface area contributed by atoms with E-state index in [2.05, 4.69) is 9.47 Å². The maximum Gasteiger partial charge on any atom is 0.419 e. The van der Waals surface area contributed by atoms with Gasteiger partial charge in [0.15, 0.2) is 0 Å². The van der Waals surface area contributed by atoms with Crippen molar-refractivity contribution in [3.05, 3.63) is 0 Å². The van der Waals surface area contributed by atoms with Crippen LogP contribution in [0.3, 0.4) is 0 Å². The summed E-state index contributed by atoms with van der Waals surface area (Å²) in [5.41, 5.74) is 0. The molecule has 0 aromatic carbocycles. The van der Waals surface area contributed by atoms with E-state index >= 15 is 0 Å². The molecule has 0 amide bonds. The van der Waals surface area contributed by atoms with Crippen molar-refractivity contribution in [1.29, 1.82) is 0 Å². The predicted molar refractivity (Wildman–Crippen MR) is 43.0 cm³/mol. The zero-order chi connectivity index (χ0) is 13.0. The van der Waals surface area contributed by atoms with Crippen LogP contribution in [0, 0.1) is 0 Å². The van der Waals surface area contributed by atoms with Gasteiger partial charge >= 0.3 is 18.0 Å². The Hall–Kier alpha value is -0.920. The first-order valence-electron chi connectivity index (χ1n) is 4.29. The summed E-state index contributed by atoms with van der Waals surface area (Å²) < 4.78 is 70.3. The number of ether oxygens (including phenoxy) is 2. The molecule has 0 fully saturated rings. The van der Waals surface area contributed by atoms with Crippen molar-refractivity contribution < 1.29 is 36.2 Å². The molecule has 0 saturated carbocycles. The molecule has 8 heteroatoms. The van der Waals surface area contributed by atoms with Crippen molar-refractivity contribution in [1.82, 2.24) is 0 Å². The van der Waals surface area contributed by atoms with Crippen LogP contribution in [0.5, 0.6) is 0 Å². The summed E-state index contributed by atoms with van der Waals surface area (Å²) in [5, 5.41) is 0. The van der Waals surface area contributed by atoms with Crippen LogP contribution in [0.4, 0.5) is 22.0 Å². The maximum absolute atomic E-state index is 12.6. The second kappa shape index (κ2) is 5.42. The van der Waals surface area contributed by atoms with E-state index in [1.807, 2.05) is 0 Å². The van der Waals surface area contributed by atoms with Crippen LogP contribution < -0.4 is 0 Å². The minimum atomic E-state index is -4.82. The van der Waals surface area contributed by atoms with E-state index in [-0.39, 0.29) is 0 Å². The predicted octanol–water partition coefficient (Wildman–Crippen LogP) is 2.15. The van der Waals surface area contributed by atoms with Crippen LogP contribution in [0.2, 0.25) is 0 Å². The highest BCUT2D eigenvalue weighted by Gasteiger charge is 2.56. The molecule has 0 saturated heterocycles. The smallest absolute Gasteiger partial charge is 0.419 e. The third kappa shape index (κ3) is 3.58. The van der Waals surface area contributed by atoms with Gasteiger partial charge in [0.2, 0.25) is 6.17 Å². The van der Waals surface area contributed by atoms with E-state index in [1.54, 1.807) is 0 Å². The Morgan fingerprint density at radius 1 is 1.31 bits per heavy atom. The van der Waals surface area contributed by atoms with Gasteiger partial charge in [0.25, 0.3) is 0 Å². The fraction of sp³-hybridized carbons (Fsp3) is 0.875. The highest BCUT2D eigenvalue weighted by Crippen LogP contribution is 2.37. The number of halogens is 5. The molecule has 0 aliphatic rings. The normalized spacial score (nSPS) is 14.7. The monoisotopic (exact) mass is 250 g/mol. The zero-order valence-corrected chi connectivity index (χ0v) is 8.61. The minimum absolute atomic E-state index is 0.824. The number of esters is 1. The number of carbonyl (C=O) groups is 1. The van der Waals surface area contributed by atoms with Gasteiger partial charge in [-0.2, -0.15) is 17.6 Å². The molecule has 0 N–H and O–H groups in total. The lowest BCUT2D eigenvalue weighted by Gasteiger charge is -2.25. The van der Waals surface area contributed by atoms with Crippen molar-refractivity contribution in [3.63, 3.8) is 0 Å². The summed E-state index contributed by atoms with van der Waals surface area (Å²) in [7, 11) is 0.827. The molecule has 0 aliphatic carbocycles. The second-order valence-electron chi connectivity index (χ2n) is 2.88. The molecule has 0 aromatic rings. The van der Waals surface area contributed by atoms with Gasteiger partial charge in [0.1, 0.15) is 0 Å². The van der Waals surface area contributed by atoms with E-state index in [0.29, 0.717) is 0 Å². The number of rotatable bonds is 6. The molecular formula is C8H11F5O3. The first-order chi connectivity index (χ1) is 7.18. The van der Waals surface area contributed by atoms with Crippen LogP contribution >= 0.6 is 0 Å². The highest BCUT2D eigenvalue weighted by molar-refractivity contribution is 5.74. The van der Waals surface area contributed by atoms with E-state index in [9.17, 15) is 26.7 Å². The molecule has 0 bridgehead atoms. The average Bonchev–Trinajstić information content (AvgIpc) is 2.24. The fourth-order valence-electron chi connectivity index (χ4n) is 0.685. The van der Waals surface area contributed by atoms with Crippen LogP contribution in [0.25, 0.3) is 0 Å². The Balaban J connectivity index is 4.34. The Bertz CT molecular complexity index is 244. The third-order valence-electron chi connectivity index (χ3n) is 1.74. The summed E-state index contributed by atoms with van der Waals surface area (Å²) in [6.07, 6.45) is -8.52. The quantitative estimate of drug-likeness (QED) is 0.535. The number of carbonyl (C=O) groups excluding carboxylic acids is 1. The summed E-state index contributed by atoms with van der Waals surface area (Å²) in [6, 6.07) is 0. The molecule has 0 radical (unpaired) electrons. The van der Waals surface area contributed by atoms with Gasteiger partial charge in [-0.1, -0.05) is 6.92 Å². The minimum Gasteiger partial charge on any atom is -0.467 e. The van der Waals surface area contributed by atoms with Crippen molar-refractivity contribution in [3.8, 4) is 0 Å². The maximum atomic E-state index is 12.6. The molecule has 1 atom stereocenters. The molecule has 0 spiro atoms. The molecular weight excluding hydrogens is 239 g/mol. The fourth-order valence-corrected chi connectivity index (χ4v) is 0.685.